The van der Waals surface area contributed by atoms with Gasteiger partial charge in [0.2, 0.25) is 0 Å². The maximum absolute atomic E-state index is 11.5. The molecule has 0 bridgehead atoms. The van der Waals surface area contributed by atoms with E-state index in [4.69, 9.17) is 5.26 Å². The summed E-state index contributed by atoms with van der Waals surface area (Å²) in [5.41, 5.74) is 0.190. The summed E-state index contributed by atoms with van der Waals surface area (Å²) < 4.78 is 23.0. The van der Waals surface area contributed by atoms with Crippen LogP contribution >= 0.6 is 0 Å². The molecule has 10 heteroatoms. The van der Waals surface area contributed by atoms with Gasteiger partial charge in [0.1, 0.15) is 23.3 Å². The van der Waals surface area contributed by atoms with Crippen molar-refractivity contribution in [2.45, 2.75) is 4.90 Å². The number of rotatable bonds is 7. The molecule has 130 valence electrons. The number of nitrogens with one attached hydrogen (secondary N) is 2. The summed E-state index contributed by atoms with van der Waals surface area (Å²) in [4.78, 5) is 14.4. The van der Waals surface area contributed by atoms with Gasteiger partial charge in [0.05, 0.1) is 9.82 Å². The van der Waals surface area contributed by atoms with Gasteiger partial charge >= 0.3 is 0 Å². The van der Waals surface area contributed by atoms with Crippen molar-refractivity contribution < 1.29 is 13.3 Å². The molecule has 0 saturated heterocycles. The van der Waals surface area contributed by atoms with Crippen molar-refractivity contribution >= 4 is 27.0 Å². The quantitative estimate of drug-likeness (QED) is 0.432. The normalized spacial score (nSPS) is 10.7. The van der Waals surface area contributed by atoms with Gasteiger partial charge in [-0.3, -0.25) is 10.1 Å². The number of nitriles is 1. The molecule has 0 spiro atoms. The van der Waals surface area contributed by atoms with Crippen LogP contribution in [0.2, 0.25) is 0 Å². The van der Waals surface area contributed by atoms with Gasteiger partial charge < -0.3 is 10.6 Å². The molecule has 1 aromatic heterocycles. The summed E-state index contributed by atoms with van der Waals surface area (Å²) in [6.45, 7) is 0.727. The molecule has 1 heterocycles. The lowest BCUT2D eigenvalue weighted by Crippen LogP contribution is -2.15. The number of nitro groups is 1. The molecule has 0 saturated carbocycles. The van der Waals surface area contributed by atoms with Crippen LogP contribution in [-0.2, 0) is 9.84 Å². The van der Waals surface area contributed by atoms with Gasteiger partial charge in [0, 0.05) is 25.4 Å². The second-order valence-electron chi connectivity index (χ2n) is 5.08. The van der Waals surface area contributed by atoms with Gasteiger partial charge in [-0.1, -0.05) is 6.07 Å². The van der Waals surface area contributed by atoms with Crippen LogP contribution in [0.1, 0.15) is 5.69 Å². The molecule has 9 nitrogen and oxygen atoms in total. The minimum Gasteiger partial charge on any atom is -0.378 e. The van der Waals surface area contributed by atoms with E-state index in [1.54, 1.807) is 18.2 Å². The lowest BCUT2D eigenvalue weighted by atomic mass is 10.2. The van der Waals surface area contributed by atoms with E-state index in [1.165, 1.54) is 12.1 Å². The van der Waals surface area contributed by atoms with Gasteiger partial charge in [-0.05, 0) is 24.3 Å². The number of pyridine rings is 1. The molecule has 0 atom stereocenters. The maximum atomic E-state index is 11.5. The third-order valence-corrected chi connectivity index (χ3v) is 4.31. The minimum atomic E-state index is -3.52. The molecule has 0 unspecified atom stereocenters. The molecule has 2 N–H and O–H groups in total. The van der Waals surface area contributed by atoms with Crippen molar-refractivity contribution in [1.29, 1.82) is 5.26 Å². The predicted octanol–water partition coefficient (Wildman–Crippen LogP) is 1.79. The van der Waals surface area contributed by atoms with Crippen LogP contribution in [0.4, 0.5) is 17.2 Å². The monoisotopic (exact) mass is 361 g/mol. The Morgan fingerprint density at radius 2 is 1.96 bits per heavy atom. The SMILES string of the molecule is CS(=O)(=O)c1ccc(NCCNc2cccc(C#N)n2)c([N+](=O)[O-])c1. The number of anilines is 2. The molecule has 0 aliphatic carbocycles. The zero-order valence-electron chi connectivity index (χ0n) is 13.3. The lowest BCUT2D eigenvalue weighted by Gasteiger charge is -2.09. The van der Waals surface area contributed by atoms with E-state index >= 15 is 0 Å². The van der Waals surface area contributed by atoms with Crippen molar-refractivity contribution in [3.8, 4) is 6.07 Å². The highest BCUT2D eigenvalue weighted by Crippen LogP contribution is 2.27. The molecule has 0 radical (unpaired) electrons. The standard InChI is InChI=1S/C15H15N5O4S/c1-25(23,24)12-5-6-13(14(9-12)20(21)22)17-7-8-18-15-4-2-3-11(10-16)19-15/h2-6,9,17H,7-8H2,1H3,(H,18,19). The number of nitrogens with zero attached hydrogens (tertiary/aromatic N) is 3. The molecular formula is C15H15N5O4S. The van der Waals surface area contributed by atoms with Gasteiger partial charge in [0.15, 0.2) is 9.84 Å². The Labute approximate surface area is 144 Å². The molecule has 25 heavy (non-hydrogen) atoms. The Morgan fingerprint density at radius 3 is 2.60 bits per heavy atom. The van der Waals surface area contributed by atoms with Crippen LogP contribution in [-0.4, -0.2) is 37.7 Å². The summed E-state index contributed by atoms with van der Waals surface area (Å²) in [7, 11) is -3.52. The van der Waals surface area contributed by atoms with Crippen molar-refractivity contribution in [3.05, 3.63) is 52.2 Å². The number of nitro benzene ring substituents is 1. The fourth-order valence-corrected chi connectivity index (χ4v) is 2.67. The molecule has 0 fully saturated rings. The number of aromatic nitrogens is 1. The van der Waals surface area contributed by atoms with Crippen LogP contribution in [0.25, 0.3) is 0 Å². The molecule has 2 aromatic rings. The highest BCUT2D eigenvalue weighted by atomic mass is 32.2. The van der Waals surface area contributed by atoms with E-state index in [9.17, 15) is 18.5 Å². The third kappa shape index (κ3) is 4.89. The Morgan fingerprint density at radius 1 is 1.24 bits per heavy atom. The van der Waals surface area contributed by atoms with E-state index < -0.39 is 14.8 Å². The van der Waals surface area contributed by atoms with Crippen molar-refractivity contribution in [2.75, 3.05) is 30.0 Å². The first-order valence-electron chi connectivity index (χ1n) is 7.14. The number of hydrogen-bond acceptors (Lipinski definition) is 8. The highest BCUT2D eigenvalue weighted by Gasteiger charge is 2.18. The van der Waals surface area contributed by atoms with Crippen molar-refractivity contribution in [3.63, 3.8) is 0 Å². The second-order valence-corrected chi connectivity index (χ2v) is 7.10. The van der Waals surface area contributed by atoms with E-state index in [2.05, 4.69) is 15.6 Å². The summed E-state index contributed by atoms with van der Waals surface area (Å²) in [6.07, 6.45) is 0.992. The van der Waals surface area contributed by atoms with Crippen LogP contribution in [0.15, 0.2) is 41.3 Å². The van der Waals surface area contributed by atoms with E-state index in [-0.39, 0.29) is 22.0 Å². The zero-order chi connectivity index (χ0) is 18.4. The Bertz CT molecular complexity index is 937. The van der Waals surface area contributed by atoms with Crippen LogP contribution in [0, 0.1) is 21.4 Å². The van der Waals surface area contributed by atoms with Crippen LogP contribution in [0.3, 0.4) is 0 Å². The van der Waals surface area contributed by atoms with Gasteiger partial charge in [-0.15, -0.1) is 0 Å². The summed E-state index contributed by atoms with van der Waals surface area (Å²) in [6, 6.07) is 10.6. The fourth-order valence-electron chi connectivity index (χ4n) is 2.03. The molecular weight excluding hydrogens is 346 g/mol. The van der Waals surface area contributed by atoms with Gasteiger partial charge in [-0.2, -0.15) is 5.26 Å². The first-order valence-corrected chi connectivity index (χ1v) is 9.04. The van der Waals surface area contributed by atoms with Gasteiger partial charge in [-0.25, -0.2) is 13.4 Å². The topological polar surface area (TPSA) is 138 Å². The third-order valence-electron chi connectivity index (χ3n) is 3.20. The Hall–Kier alpha value is -3.19. The first-order chi connectivity index (χ1) is 11.8. The van der Waals surface area contributed by atoms with E-state index in [0.29, 0.717) is 18.9 Å². The Kier molecular flexibility index (Phi) is 5.51. The second kappa shape index (κ2) is 7.59. The number of benzene rings is 1. The molecule has 0 aliphatic heterocycles. The van der Waals surface area contributed by atoms with E-state index in [1.807, 2.05) is 6.07 Å². The molecule has 2 rings (SSSR count). The molecule has 0 aliphatic rings. The summed E-state index contributed by atoms with van der Waals surface area (Å²) in [5, 5.41) is 25.8. The Balaban J connectivity index is 2.03. The average molecular weight is 361 g/mol. The number of sulfone groups is 1. The van der Waals surface area contributed by atoms with E-state index in [0.717, 1.165) is 12.3 Å². The van der Waals surface area contributed by atoms with Crippen molar-refractivity contribution in [1.82, 2.24) is 4.98 Å². The maximum Gasteiger partial charge on any atom is 0.293 e. The van der Waals surface area contributed by atoms with Crippen LogP contribution < -0.4 is 10.6 Å². The van der Waals surface area contributed by atoms with Crippen LogP contribution in [0.5, 0.6) is 0 Å². The number of hydrogen-bond donors (Lipinski definition) is 2. The van der Waals surface area contributed by atoms with Crippen molar-refractivity contribution in [2.24, 2.45) is 0 Å². The summed E-state index contributed by atoms with van der Waals surface area (Å²) >= 11 is 0. The predicted molar refractivity (Wildman–Crippen MR) is 92.1 cm³/mol. The molecule has 1 aromatic carbocycles. The zero-order valence-corrected chi connectivity index (χ0v) is 14.1. The van der Waals surface area contributed by atoms with Gasteiger partial charge in [0.25, 0.3) is 5.69 Å². The first kappa shape index (κ1) is 18.2. The molecule has 0 amide bonds. The lowest BCUT2D eigenvalue weighted by molar-refractivity contribution is -0.384. The largest absolute Gasteiger partial charge is 0.378 e. The highest BCUT2D eigenvalue weighted by molar-refractivity contribution is 7.90. The average Bonchev–Trinajstić information content (AvgIpc) is 2.58. The smallest absolute Gasteiger partial charge is 0.293 e. The fraction of sp³-hybridized carbons (Fsp3) is 0.200. The summed E-state index contributed by atoms with van der Waals surface area (Å²) in [5.74, 6) is 0.516. The minimum absolute atomic E-state index is 0.111.